The van der Waals surface area contributed by atoms with Gasteiger partial charge in [0.2, 0.25) is 5.91 Å². The number of amides is 3. The molecule has 1 aliphatic heterocycles. The van der Waals surface area contributed by atoms with Crippen molar-refractivity contribution in [3.63, 3.8) is 0 Å². The third-order valence-electron chi connectivity index (χ3n) is 4.78. The monoisotopic (exact) mass is 433 g/mol. The zero-order valence-electron chi connectivity index (χ0n) is 16.1. The summed E-state index contributed by atoms with van der Waals surface area (Å²) in [6.07, 6.45) is 4.43. The molecule has 0 unspecified atom stereocenters. The molecule has 0 saturated carbocycles. The largest absolute Gasteiger partial charge is 0.352 e. The van der Waals surface area contributed by atoms with Gasteiger partial charge >= 0.3 is 0 Å². The maximum absolute atomic E-state index is 12.4. The highest BCUT2D eigenvalue weighted by molar-refractivity contribution is 7.12. The molecule has 1 aromatic carbocycles. The Hall–Kier alpha value is -2.38. The van der Waals surface area contributed by atoms with Crippen molar-refractivity contribution in [1.82, 2.24) is 10.2 Å². The van der Waals surface area contributed by atoms with E-state index in [2.05, 4.69) is 10.6 Å². The van der Waals surface area contributed by atoms with Gasteiger partial charge in [0, 0.05) is 31.6 Å². The molecule has 1 saturated heterocycles. The fourth-order valence-electron chi connectivity index (χ4n) is 3.20. The van der Waals surface area contributed by atoms with Crippen LogP contribution in [0.4, 0.5) is 5.69 Å². The Bertz CT molecular complexity index is 870. The minimum Gasteiger partial charge on any atom is -0.352 e. The van der Waals surface area contributed by atoms with E-state index in [1.165, 1.54) is 11.3 Å². The normalized spacial score (nSPS) is 14.4. The van der Waals surface area contributed by atoms with E-state index in [4.69, 9.17) is 11.6 Å². The number of likely N-dealkylation sites (tertiary alicyclic amines) is 1. The van der Waals surface area contributed by atoms with Gasteiger partial charge in [0.1, 0.15) is 0 Å². The second kappa shape index (κ2) is 10.4. The summed E-state index contributed by atoms with van der Waals surface area (Å²) in [5.74, 6) is -0.297. The van der Waals surface area contributed by atoms with E-state index in [1.54, 1.807) is 30.3 Å². The van der Waals surface area contributed by atoms with Crippen molar-refractivity contribution in [2.75, 3.05) is 25.0 Å². The molecule has 0 radical (unpaired) electrons. The Balaban J connectivity index is 1.51. The van der Waals surface area contributed by atoms with Gasteiger partial charge in [-0.3, -0.25) is 14.4 Å². The average Bonchev–Trinajstić information content (AvgIpc) is 3.18. The van der Waals surface area contributed by atoms with Crippen molar-refractivity contribution in [1.29, 1.82) is 0 Å². The van der Waals surface area contributed by atoms with Crippen LogP contribution in [0.2, 0.25) is 5.02 Å². The molecule has 6 nitrogen and oxygen atoms in total. The van der Waals surface area contributed by atoms with Crippen molar-refractivity contribution >= 4 is 46.3 Å². The zero-order valence-corrected chi connectivity index (χ0v) is 17.7. The molecule has 154 valence electrons. The topological polar surface area (TPSA) is 78.5 Å². The van der Waals surface area contributed by atoms with Crippen LogP contribution < -0.4 is 10.6 Å². The van der Waals surface area contributed by atoms with Crippen LogP contribution in [0.15, 0.2) is 35.7 Å². The fraction of sp³-hybridized carbons (Fsp3) is 0.381. The summed E-state index contributed by atoms with van der Waals surface area (Å²) in [7, 11) is 0. The highest BCUT2D eigenvalue weighted by Gasteiger charge is 2.16. The highest BCUT2D eigenvalue weighted by Crippen LogP contribution is 2.24. The molecular formula is C21H24ClN3O3S. The summed E-state index contributed by atoms with van der Waals surface area (Å²) in [5.41, 5.74) is 0.814. The van der Waals surface area contributed by atoms with Gasteiger partial charge in [-0.05, 0) is 48.9 Å². The maximum Gasteiger partial charge on any atom is 0.265 e. The van der Waals surface area contributed by atoms with Crippen molar-refractivity contribution in [3.8, 4) is 0 Å². The molecule has 0 spiro atoms. The summed E-state index contributed by atoms with van der Waals surface area (Å²) in [6, 6.07) is 8.30. The first-order valence-corrected chi connectivity index (χ1v) is 11.0. The molecule has 3 amide bonds. The number of rotatable bonds is 7. The Labute approximate surface area is 179 Å². The van der Waals surface area contributed by atoms with Gasteiger partial charge in [0.05, 0.1) is 15.6 Å². The van der Waals surface area contributed by atoms with Crippen molar-refractivity contribution in [2.45, 2.75) is 32.1 Å². The van der Waals surface area contributed by atoms with E-state index >= 15 is 0 Å². The molecule has 0 atom stereocenters. The Morgan fingerprint density at radius 1 is 1.14 bits per heavy atom. The van der Waals surface area contributed by atoms with Gasteiger partial charge in [-0.1, -0.05) is 24.1 Å². The molecule has 0 bridgehead atoms. The fourth-order valence-corrected chi connectivity index (χ4v) is 3.99. The number of anilines is 1. The number of carbonyl (C=O) groups is 3. The molecule has 2 heterocycles. The second-order valence-corrected chi connectivity index (χ2v) is 8.28. The molecule has 2 N–H and O–H groups in total. The van der Waals surface area contributed by atoms with Gasteiger partial charge in [-0.2, -0.15) is 0 Å². The zero-order chi connectivity index (χ0) is 20.6. The number of hydrogen-bond donors (Lipinski definition) is 2. The smallest absolute Gasteiger partial charge is 0.265 e. The van der Waals surface area contributed by atoms with Crippen LogP contribution in [0.1, 0.15) is 52.1 Å². The average molecular weight is 434 g/mol. The van der Waals surface area contributed by atoms with Gasteiger partial charge in [0.25, 0.3) is 11.8 Å². The number of thiophene rings is 1. The Morgan fingerprint density at radius 2 is 2.00 bits per heavy atom. The third-order valence-corrected chi connectivity index (χ3v) is 5.98. The molecule has 1 fully saturated rings. The van der Waals surface area contributed by atoms with E-state index in [1.807, 2.05) is 10.3 Å². The van der Waals surface area contributed by atoms with Crippen molar-refractivity contribution < 1.29 is 14.4 Å². The predicted octanol–water partition coefficient (Wildman–Crippen LogP) is 4.18. The number of nitrogens with zero attached hydrogens (tertiary/aromatic N) is 1. The minimum atomic E-state index is -0.262. The van der Waals surface area contributed by atoms with Gasteiger partial charge in [-0.25, -0.2) is 0 Å². The van der Waals surface area contributed by atoms with E-state index in [0.717, 1.165) is 25.8 Å². The number of halogens is 1. The summed E-state index contributed by atoms with van der Waals surface area (Å²) in [6.45, 7) is 1.93. The molecule has 1 aliphatic rings. The lowest BCUT2D eigenvalue weighted by Crippen LogP contribution is -2.34. The molecule has 8 heteroatoms. The first kappa shape index (κ1) is 21.3. The first-order valence-electron chi connectivity index (χ1n) is 9.75. The summed E-state index contributed by atoms with van der Waals surface area (Å²) in [5, 5.41) is 7.80. The summed E-state index contributed by atoms with van der Waals surface area (Å²) >= 11 is 7.50. The van der Waals surface area contributed by atoms with Crippen LogP contribution in [0.5, 0.6) is 0 Å². The standard InChI is InChI=1S/C21H24ClN3O3S/c22-16-9-8-15(14-17(16)24-21(28)18-6-4-13-29-18)20(27)23-10-5-12-25-11-3-1-2-7-19(25)26/h4,6,8-9,13-14H,1-3,5,7,10-12H2,(H,23,27)(H,24,28). The van der Waals surface area contributed by atoms with Crippen molar-refractivity contribution in [3.05, 3.63) is 51.2 Å². The lowest BCUT2D eigenvalue weighted by atomic mass is 10.2. The first-order chi connectivity index (χ1) is 14.0. The SMILES string of the molecule is O=C(NCCCN1CCCCCC1=O)c1ccc(Cl)c(NC(=O)c2cccs2)c1. The number of hydrogen-bond acceptors (Lipinski definition) is 4. The van der Waals surface area contributed by atoms with E-state index in [9.17, 15) is 14.4 Å². The number of benzene rings is 1. The van der Waals surface area contributed by atoms with Crippen LogP contribution >= 0.6 is 22.9 Å². The quantitative estimate of drug-likeness (QED) is 0.643. The number of nitrogens with one attached hydrogen (secondary N) is 2. The summed E-state index contributed by atoms with van der Waals surface area (Å²) < 4.78 is 0. The highest BCUT2D eigenvalue weighted by atomic mass is 35.5. The van der Waals surface area contributed by atoms with E-state index in [-0.39, 0.29) is 17.7 Å². The van der Waals surface area contributed by atoms with E-state index < -0.39 is 0 Å². The van der Waals surface area contributed by atoms with Crippen molar-refractivity contribution in [2.24, 2.45) is 0 Å². The van der Waals surface area contributed by atoms with Crippen LogP contribution in [0.3, 0.4) is 0 Å². The minimum absolute atomic E-state index is 0.206. The number of carbonyl (C=O) groups excluding carboxylic acids is 3. The Morgan fingerprint density at radius 3 is 2.79 bits per heavy atom. The van der Waals surface area contributed by atoms with Crippen LogP contribution in [-0.4, -0.2) is 42.3 Å². The maximum atomic E-state index is 12.4. The second-order valence-electron chi connectivity index (χ2n) is 6.93. The van der Waals surface area contributed by atoms with Crippen LogP contribution in [0, 0.1) is 0 Å². The van der Waals surface area contributed by atoms with Crippen LogP contribution in [0.25, 0.3) is 0 Å². The van der Waals surface area contributed by atoms with Crippen LogP contribution in [-0.2, 0) is 4.79 Å². The van der Waals surface area contributed by atoms with E-state index in [0.29, 0.717) is 47.1 Å². The Kier molecular flexibility index (Phi) is 7.66. The molecule has 0 aliphatic carbocycles. The third kappa shape index (κ3) is 6.05. The molecular weight excluding hydrogens is 410 g/mol. The lowest BCUT2D eigenvalue weighted by Gasteiger charge is -2.20. The molecule has 2 aromatic rings. The molecule has 1 aromatic heterocycles. The molecule has 29 heavy (non-hydrogen) atoms. The van der Waals surface area contributed by atoms with Gasteiger partial charge in [-0.15, -0.1) is 11.3 Å². The predicted molar refractivity (Wildman–Crippen MR) is 116 cm³/mol. The van der Waals surface area contributed by atoms with Gasteiger partial charge in [0.15, 0.2) is 0 Å². The molecule has 3 rings (SSSR count). The van der Waals surface area contributed by atoms with Gasteiger partial charge < -0.3 is 15.5 Å². The summed E-state index contributed by atoms with van der Waals surface area (Å²) in [4.78, 5) is 39.1. The lowest BCUT2D eigenvalue weighted by molar-refractivity contribution is -0.130.